The highest BCUT2D eigenvalue weighted by Crippen LogP contribution is 2.27. The highest BCUT2D eigenvalue weighted by molar-refractivity contribution is 7.92. The number of hydrogen-bond acceptors (Lipinski definition) is 5. The van der Waals surface area contributed by atoms with Crippen molar-refractivity contribution < 1.29 is 22.7 Å². The standard InChI is InChI=1S/C36H40ClN3O5S/c1-5-27(3)38-36(42)34(23-28-12-7-6-8-13-28)39(24-29-14-10-9-11-26(29)2)35(41)25-40(31-17-15-30(37)16-18-31)46(43,44)33-21-19-32(45-4)20-22-33/h6-22,27,34H,5,23-25H2,1-4H3,(H,38,42)/t27-,34+/m0/s1. The molecule has 242 valence electrons. The summed E-state index contributed by atoms with van der Waals surface area (Å²) in [6, 6.07) is 28.3. The van der Waals surface area contributed by atoms with Crippen molar-refractivity contribution in [2.45, 2.75) is 57.1 Å². The maximum atomic E-state index is 14.6. The van der Waals surface area contributed by atoms with Crippen molar-refractivity contribution >= 4 is 39.1 Å². The molecule has 46 heavy (non-hydrogen) atoms. The zero-order valence-corrected chi connectivity index (χ0v) is 28.1. The first-order chi connectivity index (χ1) is 22.0. The highest BCUT2D eigenvalue weighted by Gasteiger charge is 2.35. The number of rotatable bonds is 14. The number of nitrogens with zero attached hydrogens (tertiary/aromatic N) is 2. The lowest BCUT2D eigenvalue weighted by Gasteiger charge is -2.34. The minimum Gasteiger partial charge on any atom is -0.497 e. The highest BCUT2D eigenvalue weighted by atomic mass is 35.5. The Morgan fingerprint density at radius 2 is 1.52 bits per heavy atom. The first-order valence-electron chi connectivity index (χ1n) is 15.1. The Bertz CT molecular complexity index is 1720. The molecule has 0 bridgehead atoms. The van der Waals surface area contributed by atoms with Crippen LogP contribution in [0.5, 0.6) is 5.75 Å². The van der Waals surface area contributed by atoms with Crippen molar-refractivity contribution in [2.75, 3.05) is 18.0 Å². The fraction of sp³-hybridized carbons (Fsp3) is 0.278. The van der Waals surface area contributed by atoms with Crippen molar-refractivity contribution in [1.29, 1.82) is 0 Å². The van der Waals surface area contributed by atoms with E-state index in [1.54, 1.807) is 36.4 Å². The molecule has 0 saturated carbocycles. The van der Waals surface area contributed by atoms with Crippen LogP contribution >= 0.6 is 11.6 Å². The Hall–Kier alpha value is -4.34. The van der Waals surface area contributed by atoms with Gasteiger partial charge in [-0.05, 0) is 85.5 Å². The molecule has 2 amide bonds. The summed E-state index contributed by atoms with van der Waals surface area (Å²) < 4.78 is 34.6. The Labute approximate surface area is 277 Å². The fourth-order valence-electron chi connectivity index (χ4n) is 4.98. The van der Waals surface area contributed by atoms with Crippen LogP contribution in [-0.4, -0.2) is 50.9 Å². The number of benzene rings is 4. The number of hydrogen-bond donors (Lipinski definition) is 1. The molecular weight excluding hydrogens is 622 g/mol. The van der Waals surface area contributed by atoms with E-state index in [9.17, 15) is 18.0 Å². The van der Waals surface area contributed by atoms with Crippen LogP contribution in [0.1, 0.15) is 37.0 Å². The van der Waals surface area contributed by atoms with Gasteiger partial charge in [-0.3, -0.25) is 13.9 Å². The van der Waals surface area contributed by atoms with E-state index in [2.05, 4.69) is 5.32 Å². The molecule has 4 rings (SSSR count). The number of carbonyl (C=O) groups is 2. The van der Waals surface area contributed by atoms with Gasteiger partial charge >= 0.3 is 0 Å². The topological polar surface area (TPSA) is 96.0 Å². The second-order valence-corrected chi connectivity index (χ2v) is 13.4. The van der Waals surface area contributed by atoms with E-state index in [1.807, 2.05) is 75.4 Å². The van der Waals surface area contributed by atoms with E-state index in [4.69, 9.17) is 16.3 Å². The smallest absolute Gasteiger partial charge is 0.264 e. The molecule has 0 spiro atoms. The molecule has 4 aromatic rings. The van der Waals surface area contributed by atoms with Gasteiger partial charge in [0, 0.05) is 24.0 Å². The molecule has 8 nitrogen and oxygen atoms in total. The molecule has 0 radical (unpaired) electrons. The van der Waals surface area contributed by atoms with E-state index in [-0.39, 0.29) is 35.5 Å². The zero-order valence-electron chi connectivity index (χ0n) is 26.5. The van der Waals surface area contributed by atoms with Crippen LogP contribution in [0.4, 0.5) is 5.69 Å². The summed E-state index contributed by atoms with van der Waals surface area (Å²) in [5.41, 5.74) is 2.92. The number of aryl methyl sites for hydroxylation is 1. The molecule has 2 atom stereocenters. The molecule has 10 heteroatoms. The van der Waals surface area contributed by atoms with E-state index < -0.39 is 28.5 Å². The van der Waals surface area contributed by atoms with E-state index >= 15 is 0 Å². The van der Waals surface area contributed by atoms with Gasteiger partial charge in [0.1, 0.15) is 18.3 Å². The Kier molecular flexibility index (Phi) is 11.8. The molecule has 0 fully saturated rings. The van der Waals surface area contributed by atoms with Gasteiger partial charge < -0.3 is 15.0 Å². The quantitative estimate of drug-likeness (QED) is 0.169. The molecule has 1 N–H and O–H groups in total. The molecule has 0 aliphatic heterocycles. The van der Waals surface area contributed by atoms with Gasteiger partial charge in [-0.2, -0.15) is 0 Å². The minimum absolute atomic E-state index is 0.0168. The summed E-state index contributed by atoms with van der Waals surface area (Å²) in [6.07, 6.45) is 0.951. The third-order valence-electron chi connectivity index (χ3n) is 7.91. The first-order valence-corrected chi connectivity index (χ1v) is 17.0. The summed E-state index contributed by atoms with van der Waals surface area (Å²) >= 11 is 6.15. The second kappa shape index (κ2) is 15.8. The van der Waals surface area contributed by atoms with Gasteiger partial charge in [-0.1, -0.05) is 73.1 Å². The van der Waals surface area contributed by atoms with Crippen molar-refractivity contribution in [3.05, 3.63) is 125 Å². The van der Waals surface area contributed by atoms with Crippen LogP contribution in [0.2, 0.25) is 5.02 Å². The number of anilines is 1. The monoisotopic (exact) mass is 661 g/mol. The average molecular weight is 662 g/mol. The summed E-state index contributed by atoms with van der Waals surface area (Å²) in [7, 11) is -2.75. The average Bonchev–Trinajstić information content (AvgIpc) is 3.06. The summed E-state index contributed by atoms with van der Waals surface area (Å²) in [5, 5.41) is 3.47. The predicted molar refractivity (Wildman–Crippen MR) is 183 cm³/mol. The van der Waals surface area contributed by atoms with Crippen LogP contribution in [-0.2, 0) is 32.6 Å². The Balaban J connectivity index is 1.81. The van der Waals surface area contributed by atoms with Crippen LogP contribution in [0.25, 0.3) is 0 Å². The van der Waals surface area contributed by atoms with Crippen LogP contribution in [0, 0.1) is 6.92 Å². The largest absolute Gasteiger partial charge is 0.497 e. The van der Waals surface area contributed by atoms with E-state index in [0.717, 1.165) is 21.0 Å². The maximum Gasteiger partial charge on any atom is 0.264 e. The SMILES string of the molecule is CC[C@H](C)NC(=O)[C@@H](Cc1ccccc1)N(Cc1ccccc1C)C(=O)CN(c1ccc(Cl)cc1)S(=O)(=O)c1ccc(OC)cc1. The molecular formula is C36H40ClN3O5S. The summed E-state index contributed by atoms with van der Waals surface area (Å²) in [6.45, 7) is 5.38. The number of methoxy groups -OCH3 is 1. The molecule has 0 heterocycles. The number of amides is 2. The number of ether oxygens (including phenoxy) is 1. The van der Waals surface area contributed by atoms with Gasteiger partial charge in [-0.15, -0.1) is 0 Å². The molecule has 0 aromatic heterocycles. The summed E-state index contributed by atoms with van der Waals surface area (Å²) in [5.74, 6) is -0.347. The number of nitrogens with one attached hydrogen (secondary N) is 1. The van der Waals surface area contributed by atoms with E-state index in [1.165, 1.54) is 24.1 Å². The minimum atomic E-state index is -4.24. The first kappa shape index (κ1) is 34.5. The van der Waals surface area contributed by atoms with Gasteiger partial charge in [0.2, 0.25) is 11.8 Å². The predicted octanol–water partition coefficient (Wildman–Crippen LogP) is 6.41. The third-order valence-corrected chi connectivity index (χ3v) is 9.96. The Morgan fingerprint density at radius 3 is 2.13 bits per heavy atom. The van der Waals surface area contributed by atoms with E-state index in [0.29, 0.717) is 17.2 Å². The Morgan fingerprint density at radius 1 is 0.891 bits per heavy atom. The maximum absolute atomic E-state index is 14.6. The fourth-order valence-corrected chi connectivity index (χ4v) is 6.52. The third kappa shape index (κ3) is 8.68. The lowest BCUT2D eigenvalue weighted by atomic mass is 10.0. The zero-order chi connectivity index (χ0) is 33.3. The van der Waals surface area contributed by atoms with Crippen LogP contribution < -0.4 is 14.4 Å². The van der Waals surface area contributed by atoms with Crippen LogP contribution in [0.3, 0.4) is 0 Å². The molecule has 4 aromatic carbocycles. The second-order valence-electron chi connectivity index (χ2n) is 11.1. The number of halogens is 1. The van der Waals surface area contributed by atoms with Gasteiger partial charge in [0.15, 0.2) is 0 Å². The molecule has 0 aliphatic carbocycles. The molecule has 0 unspecified atom stereocenters. The number of carbonyl (C=O) groups excluding carboxylic acids is 2. The molecule has 0 saturated heterocycles. The number of sulfonamides is 1. The van der Waals surface area contributed by atoms with Crippen molar-refractivity contribution in [1.82, 2.24) is 10.2 Å². The van der Waals surface area contributed by atoms with Gasteiger partial charge in [0.25, 0.3) is 10.0 Å². The normalized spacial score (nSPS) is 12.5. The summed E-state index contributed by atoms with van der Waals surface area (Å²) in [4.78, 5) is 30.0. The lowest BCUT2D eigenvalue weighted by Crippen LogP contribution is -2.54. The van der Waals surface area contributed by atoms with Crippen molar-refractivity contribution in [2.24, 2.45) is 0 Å². The van der Waals surface area contributed by atoms with Crippen LogP contribution in [0.15, 0.2) is 108 Å². The van der Waals surface area contributed by atoms with Crippen molar-refractivity contribution in [3.63, 3.8) is 0 Å². The van der Waals surface area contributed by atoms with Crippen molar-refractivity contribution in [3.8, 4) is 5.75 Å². The van der Waals surface area contributed by atoms with Gasteiger partial charge in [-0.25, -0.2) is 8.42 Å². The molecule has 0 aliphatic rings. The van der Waals surface area contributed by atoms with Gasteiger partial charge in [0.05, 0.1) is 17.7 Å². The lowest BCUT2D eigenvalue weighted by molar-refractivity contribution is -0.140.